The second-order valence-electron chi connectivity index (χ2n) is 5.06. The molecule has 1 atom stereocenters. The smallest absolute Gasteiger partial charge is 0.251 e. The number of fused-ring (bicyclic) bond motifs is 1. The molecular weight excluding hydrogens is 264 g/mol. The number of amides is 1. The Morgan fingerprint density at radius 3 is 3.05 bits per heavy atom. The fraction of sp³-hybridized carbons (Fsp3) is 0.188. The van der Waals surface area contributed by atoms with Crippen LogP contribution in [-0.2, 0) is 6.42 Å². The van der Waals surface area contributed by atoms with Gasteiger partial charge in [-0.25, -0.2) is 0 Å². The van der Waals surface area contributed by atoms with Crippen molar-refractivity contribution >= 4 is 16.8 Å². The van der Waals surface area contributed by atoms with E-state index in [0.29, 0.717) is 12.0 Å². The van der Waals surface area contributed by atoms with E-state index in [0.717, 1.165) is 16.6 Å². The Morgan fingerprint density at radius 1 is 1.33 bits per heavy atom. The number of carbonyl (C=O) groups excluding carboxylic acids is 1. The van der Waals surface area contributed by atoms with Gasteiger partial charge in [-0.15, -0.1) is 0 Å². The number of carbonyl (C=O) groups is 1. The molecule has 5 heteroatoms. The minimum Gasteiger partial charge on any atom is -0.361 e. The molecule has 1 unspecified atom stereocenters. The first kappa shape index (κ1) is 13.3. The van der Waals surface area contributed by atoms with Crippen LogP contribution >= 0.6 is 0 Å². The van der Waals surface area contributed by atoms with E-state index >= 15 is 0 Å². The summed E-state index contributed by atoms with van der Waals surface area (Å²) in [6.07, 6.45) is 7.53. The van der Waals surface area contributed by atoms with Gasteiger partial charge in [-0.2, -0.15) is 0 Å². The number of benzene rings is 1. The van der Waals surface area contributed by atoms with E-state index in [2.05, 4.69) is 20.3 Å². The maximum absolute atomic E-state index is 12.2. The molecule has 0 aliphatic carbocycles. The SMILES string of the molecule is CC(Cc1cnccn1)NC(=O)c1ccc2cc[nH]c2c1. The average molecular weight is 280 g/mol. The third-order valence-electron chi connectivity index (χ3n) is 3.33. The summed E-state index contributed by atoms with van der Waals surface area (Å²) in [6, 6.07) is 7.61. The number of aromatic nitrogens is 3. The van der Waals surface area contributed by atoms with Crippen LogP contribution in [-0.4, -0.2) is 26.9 Å². The Bertz CT molecular complexity index is 751. The molecule has 2 N–H and O–H groups in total. The summed E-state index contributed by atoms with van der Waals surface area (Å²) in [5.74, 6) is -0.0807. The molecule has 1 aromatic carbocycles. The first-order chi connectivity index (χ1) is 10.2. The van der Waals surface area contributed by atoms with Crippen LogP contribution in [0.2, 0.25) is 0 Å². The van der Waals surface area contributed by atoms with Crippen LogP contribution in [0.4, 0.5) is 0 Å². The lowest BCUT2D eigenvalue weighted by molar-refractivity contribution is 0.0940. The molecule has 2 heterocycles. The van der Waals surface area contributed by atoms with Gasteiger partial charge in [0.25, 0.3) is 5.91 Å². The Kier molecular flexibility index (Phi) is 3.64. The van der Waals surface area contributed by atoms with E-state index in [1.165, 1.54) is 0 Å². The fourth-order valence-electron chi connectivity index (χ4n) is 2.30. The Balaban J connectivity index is 1.67. The lowest BCUT2D eigenvalue weighted by Gasteiger charge is -2.13. The van der Waals surface area contributed by atoms with Crippen LogP contribution in [0.5, 0.6) is 0 Å². The third-order valence-corrected chi connectivity index (χ3v) is 3.33. The topological polar surface area (TPSA) is 70.7 Å². The largest absolute Gasteiger partial charge is 0.361 e. The number of H-pyrrole nitrogens is 1. The van der Waals surface area contributed by atoms with E-state index in [9.17, 15) is 4.79 Å². The van der Waals surface area contributed by atoms with E-state index in [1.54, 1.807) is 18.6 Å². The van der Waals surface area contributed by atoms with Gasteiger partial charge in [0.05, 0.1) is 5.69 Å². The van der Waals surface area contributed by atoms with Gasteiger partial charge < -0.3 is 10.3 Å². The summed E-state index contributed by atoms with van der Waals surface area (Å²) < 4.78 is 0. The molecule has 21 heavy (non-hydrogen) atoms. The van der Waals surface area contributed by atoms with Crippen molar-refractivity contribution in [1.29, 1.82) is 0 Å². The Labute approximate surface area is 122 Å². The number of aromatic amines is 1. The molecule has 0 aliphatic heterocycles. The number of nitrogens with one attached hydrogen (secondary N) is 2. The molecule has 5 nitrogen and oxygen atoms in total. The maximum Gasteiger partial charge on any atom is 0.251 e. The zero-order valence-corrected chi connectivity index (χ0v) is 11.7. The van der Waals surface area contributed by atoms with Crippen LogP contribution in [0.3, 0.4) is 0 Å². The van der Waals surface area contributed by atoms with Crippen LogP contribution in [0.15, 0.2) is 49.1 Å². The third kappa shape index (κ3) is 3.08. The summed E-state index contributed by atoms with van der Waals surface area (Å²) in [4.78, 5) is 23.6. The summed E-state index contributed by atoms with van der Waals surface area (Å²) in [5, 5.41) is 4.08. The molecule has 2 aromatic heterocycles. The lowest BCUT2D eigenvalue weighted by atomic mass is 10.1. The lowest BCUT2D eigenvalue weighted by Crippen LogP contribution is -2.34. The van der Waals surface area contributed by atoms with Crippen LogP contribution in [0, 0.1) is 0 Å². The Hall–Kier alpha value is -2.69. The van der Waals surface area contributed by atoms with Crippen molar-refractivity contribution in [3.05, 3.63) is 60.3 Å². The van der Waals surface area contributed by atoms with Gasteiger partial charge in [-0.3, -0.25) is 14.8 Å². The minimum absolute atomic E-state index is 0.00598. The van der Waals surface area contributed by atoms with E-state index in [4.69, 9.17) is 0 Å². The molecule has 1 amide bonds. The van der Waals surface area contributed by atoms with Gasteiger partial charge in [0, 0.05) is 48.3 Å². The number of nitrogens with zero attached hydrogens (tertiary/aromatic N) is 2. The quantitative estimate of drug-likeness (QED) is 0.770. The van der Waals surface area contributed by atoms with Crippen molar-refractivity contribution in [3.8, 4) is 0 Å². The normalized spacial score (nSPS) is 12.2. The summed E-state index contributed by atoms with van der Waals surface area (Å²) in [6.45, 7) is 1.96. The van der Waals surface area contributed by atoms with E-state index in [1.807, 2.05) is 37.4 Å². The van der Waals surface area contributed by atoms with Gasteiger partial charge in [-0.1, -0.05) is 6.07 Å². The van der Waals surface area contributed by atoms with Gasteiger partial charge in [0.2, 0.25) is 0 Å². The number of rotatable bonds is 4. The second-order valence-corrected chi connectivity index (χ2v) is 5.06. The predicted octanol–water partition coefficient (Wildman–Crippen LogP) is 2.32. The summed E-state index contributed by atoms with van der Waals surface area (Å²) in [5.41, 5.74) is 2.48. The number of hydrogen-bond acceptors (Lipinski definition) is 3. The first-order valence-corrected chi connectivity index (χ1v) is 6.85. The van der Waals surface area contributed by atoms with Crippen LogP contribution in [0.25, 0.3) is 10.9 Å². The van der Waals surface area contributed by atoms with Gasteiger partial charge in [0.15, 0.2) is 0 Å². The molecule has 0 fully saturated rings. The van der Waals surface area contributed by atoms with Crippen molar-refractivity contribution in [2.24, 2.45) is 0 Å². The second kappa shape index (κ2) is 5.75. The van der Waals surface area contributed by atoms with Crippen molar-refractivity contribution in [3.63, 3.8) is 0 Å². The van der Waals surface area contributed by atoms with Gasteiger partial charge in [-0.05, 0) is 30.5 Å². The standard InChI is InChI=1S/C16H16N4O/c1-11(8-14-10-17-6-7-18-14)20-16(21)13-3-2-12-4-5-19-15(12)9-13/h2-7,9-11,19H,8H2,1H3,(H,20,21). The molecular formula is C16H16N4O. The molecule has 0 radical (unpaired) electrons. The average Bonchev–Trinajstić information content (AvgIpc) is 2.95. The molecule has 0 saturated carbocycles. The maximum atomic E-state index is 12.2. The molecule has 0 saturated heterocycles. The van der Waals surface area contributed by atoms with Crippen LogP contribution in [0.1, 0.15) is 23.0 Å². The zero-order chi connectivity index (χ0) is 14.7. The monoisotopic (exact) mass is 280 g/mol. The molecule has 0 bridgehead atoms. The molecule has 0 aliphatic rings. The highest BCUT2D eigenvalue weighted by Gasteiger charge is 2.11. The first-order valence-electron chi connectivity index (χ1n) is 6.85. The van der Waals surface area contributed by atoms with E-state index in [-0.39, 0.29) is 11.9 Å². The molecule has 3 rings (SSSR count). The van der Waals surface area contributed by atoms with Crippen molar-refractivity contribution < 1.29 is 4.79 Å². The van der Waals surface area contributed by atoms with Gasteiger partial charge in [0.1, 0.15) is 0 Å². The van der Waals surface area contributed by atoms with E-state index < -0.39 is 0 Å². The minimum atomic E-state index is -0.0807. The van der Waals surface area contributed by atoms with Crippen molar-refractivity contribution in [1.82, 2.24) is 20.3 Å². The number of hydrogen-bond donors (Lipinski definition) is 2. The molecule has 3 aromatic rings. The highest BCUT2D eigenvalue weighted by atomic mass is 16.1. The highest BCUT2D eigenvalue weighted by Crippen LogP contribution is 2.14. The van der Waals surface area contributed by atoms with Crippen molar-refractivity contribution in [2.75, 3.05) is 0 Å². The summed E-state index contributed by atoms with van der Waals surface area (Å²) in [7, 11) is 0. The van der Waals surface area contributed by atoms with Gasteiger partial charge >= 0.3 is 0 Å². The fourth-order valence-corrected chi connectivity index (χ4v) is 2.30. The Morgan fingerprint density at radius 2 is 2.24 bits per heavy atom. The molecule has 106 valence electrons. The predicted molar refractivity (Wildman–Crippen MR) is 81.0 cm³/mol. The molecule has 0 spiro atoms. The summed E-state index contributed by atoms with van der Waals surface area (Å²) >= 11 is 0. The zero-order valence-electron chi connectivity index (χ0n) is 11.7. The highest BCUT2D eigenvalue weighted by molar-refractivity contribution is 5.98. The van der Waals surface area contributed by atoms with Crippen LogP contribution < -0.4 is 5.32 Å². The van der Waals surface area contributed by atoms with Crippen molar-refractivity contribution in [2.45, 2.75) is 19.4 Å².